The highest BCUT2D eigenvalue weighted by atomic mass is 35.5. The van der Waals surface area contributed by atoms with Crippen LogP contribution >= 0.6 is 11.6 Å². The number of rotatable bonds is 6. The minimum Gasteiger partial charge on any atom is -0.312 e. The number of hydrogen-bond acceptors (Lipinski definition) is 2. The zero-order valence-electron chi connectivity index (χ0n) is 9.72. The second kappa shape index (κ2) is 7.04. The van der Waals surface area contributed by atoms with Crippen molar-refractivity contribution in [3.63, 3.8) is 0 Å². The van der Waals surface area contributed by atoms with Crippen LogP contribution in [-0.4, -0.2) is 38.1 Å². The van der Waals surface area contributed by atoms with Crippen molar-refractivity contribution in [3.05, 3.63) is 22.8 Å². The molecule has 3 heteroatoms. The maximum atomic E-state index is 5.89. The highest BCUT2D eigenvalue weighted by Crippen LogP contribution is 2.19. The minimum atomic E-state index is 0.976. The predicted molar refractivity (Wildman–Crippen MR) is 67.3 cm³/mol. The van der Waals surface area contributed by atoms with E-state index in [1.54, 1.807) is 0 Å². The van der Waals surface area contributed by atoms with E-state index >= 15 is 0 Å². The van der Waals surface area contributed by atoms with Crippen molar-refractivity contribution in [3.8, 4) is 0 Å². The van der Waals surface area contributed by atoms with Gasteiger partial charge in [-0.1, -0.05) is 30.2 Å². The van der Waals surface area contributed by atoms with E-state index in [1.165, 1.54) is 5.57 Å². The Bertz CT molecular complexity index is 246. The third-order valence-electron chi connectivity index (χ3n) is 2.75. The van der Waals surface area contributed by atoms with Crippen molar-refractivity contribution in [1.82, 2.24) is 10.2 Å². The van der Waals surface area contributed by atoms with Gasteiger partial charge in [-0.3, -0.25) is 0 Å². The molecule has 0 aromatic rings. The quantitative estimate of drug-likeness (QED) is 0.703. The van der Waals surface area contributed by atoms with E-state index in [9.17, 15) is 0 Å². The van der Waals surface area contributed by atoms with Gasteiger partial charge >= 0.3 is 0 Å². The highest BCUT2D eigenvalue weighted by molar-refractivity contribution is 6.29. The van der Waals surface area contributed by atoms with Crippen molar-refractivity contribution in [2.24, 2.45) is 0 Å². The summed E-state index contributed by atoms with van der Waals surface area (Å²) in [6.07, 6.45) is 6.26. The summed E-state index contributed by atoms with van der Waals surface area (Å²) in [5, 5.41) is 4.43. The predicted octanol–water partition coefficient (Wildman–Crippen LogP) is 2.37. The Balaban J connectivity index is 2.10. The number of halogens is 1. The molecule has 0 fully saturated rings. The molecule has 1 aliphatic rings. The van der Waals surface area contributed by atoms with E-state index in [4.69, 9.17) is 11.6 Å². The van der Waals surface area contributed by atoms with Crippen molar-refractivity contribution in [2.75, 3.05) is 33.2 Å². The van der Waals surface area contributed by atoms with Crippen LogP contribution in [0.5, 0.6) is 0 Å². The molecule has 0 bridgehead atoms. The van der Waals surface area contributed by atoms with Crippen molar-refractivity contribution in [2.45, 2.75) is 19.8 Å². The van der Waals surface area contributed by atoms with Crippen LogP contribution in [0.2, 0.25) is 0 Å². The molecular weight excluding hydrogens is 208 g/mol. The van der Waals surface area contributed by atoms with Gasteiger partial charge in [-0.25, -0.2) is 0 Å². The van der Waals surface area contributed by atoms with Crippen LogP contribution in [-0.2, 0) is 0 Å². The normalized spacial score (nSPS) is 16.5. The van der Waals surface area contributed by atoms with Crippen LogP contribution < -0.4 is 5.32 Å². The molecule has 0 aliphatic heterocycles. The van der Waals surface area contributed by atoms with Gasteiger partial charge in [0.15, 0.2) is 0 Å². The van der Waals surface area contributed by atoms with E-state index in [2.05, 4.69) is 30.3 Å². The van der Waals surface area contributed by atoms with Gasteiger partial charge in [-0.15, -0.1) is 0 Å². The van der Waals surface area contributed by atoms with Gasteiger partial charge in [-0.05, 0) is 32.5 Å². The molecule has 0 unspecified atom stereocenters. The third-order valence-corrected chi connectivity index (χ3v) is 3.06. The number of nitrogens with one attached hydrogen (secondary N) is 1. The molecule has 0 aromatic heterocycles. The Kier molecular flexibility index (Phi) is 5.99. The molecule has 1 aliphatic carbocycles. The molecule has 1 rings (SSSR count). The van der Waals surface area contributed by atoms with Crippen molar-refractivity contribution >= 4 is 11.6 Å². The zero-order chi connectivity index (χ0) is 11.1. The van der Waals surface area contributed by atoms with E-state index in [0.29, 0.717) is 0 Å². The lowest BCUT2D eigenvalue weighted by atomic mass is 10.1. The van der Waals surface area contributed by atoms with E-state index in [0.717, 1.165) is 44.1 Å². The lowest BCUT2D eigenvalue weighted by Gasteiger charge is -2.15. The summed E-state index contributed by atoms with van der Waals surface area (Å²) < 4.78 is 0. The van der Waals surface area contributed by atoms with Gasteiger partial charge in [-0.2, -0.15) is 0 Å². The van der Waals surface area contributed by atoms with Crippen LogP contribution in [0.4, 0.5) is 0 Å². The molecule has 0 amide bonds. The molecule has 2 nitrogen and oxygen atoms in total. The Morgan fingerprint density at radius 1 is 1.40 bits per heavy atom. The fourth-order valence-corrected chi connectivity index (χ4v) is 1.64. The summed E-state index contributed by atoms with van der Waals surface area (Å²) in [6, 6.07) is 0. The van der Waals surface area contributed by atoms with E-state index in [-0.39, 0.29) is 0 Å². The first-order chi connectivity index (χ1) is 7.22. The summed E-state index contributed by atoms with van der Waals surface area (Å²) in [5.74, 6) is 0. The smallest absolute Gasteiger partial charge is 0.0184 e. The highest BCUT2D eigenvalue weighted by Gasteiger charge is 2.03. The van der Waals surface area contributed by atoms with Gasteiger partial charge in [0.1, 0.15) is 0 Å². The number of nitrogens with zero attached hydrogens (tertiary/aromatic N) is 1. The number of likely N-dealkylation sites (N-methyl/N-ethyl adjacent to an activating group) is 1. The molecule has 0 radical (unpaired) electrons. The van der Waals surface area contributed by atoms with Gasteiger partial charge in [0.2, 0.25) is 0 Å². The SMILES string of the molecule is CCN(C)CCNCC1=CC=C(Cl)CC1. The Morgan fingerprint density at radius 3 is 2.80 bits per heavy atom. The average molecular weight is 229 g/mol. The summed E-state index contributed by atoms with van der Waals surface area (Å²) in [6.45, 7) is 6.46. The Hall–Kier alpha value is -0.310. The standard InChI is InChI=1S/C12H21ClN2/c1-3-15(2)9-8-14-10-11-4-6-12(13)7-5-11/h4,6,14H,3,5,7-10H2,1-2H3. The van der Waals surface area contributed by atoms with Gasteiger partial charge in [0, 0.05) is 24.7 Å². The second-order valence-corrected chi connectivity index (χ2v) is 4.50. The molecule has 0 spiro atoms. The van der Waals surface area contributed by atoms with Crippen LogP contribution in [0.1, 0.15) is 19.8 Å². The second-order valence-electron chi connectivity index (χ2n) is 4.01. The van der Waals surface area contributed by atoms with Gasteiger partial charge in [0.05, 0.1) is 0 Å². The third kappa shape index (κ3) is 5.36. The molecule has 0 heterocycles. The van der Waals surface area contributed by atoms with Crippen LogP contribution in [0.25, 0.3) is 0 Å². The van der Waals surface area contributed by atoms with Crippen LogP contribution in [0.3, 0.4) is 0 Å². The van der Waals surface area contributed by atoms with E-state index in [1.807, 2.05) is 6.08 Å². The first-order valence-corrected chi connectivity index (χ1v) is 6.03. The average Bonchev–Trinajstić information content (AvgIpc) is 2.26. The number of hydrogen-bond donors (Lipinski definition) is 1. The fourth-order valence-electron chi connectivity index (χ4n) is 1.48. The molecule has 15 heavy (non-hydrogen) atoms. The molecule has 0 saturated carbocycles. The largest absolute Gasteiger partial charge is 0.312 e. The molecule has 1 N–H and O–H groups in total. The molecular formula is C12H21ClN2. The summed E-state index contributed by atoms with van der Waals surface area (Å²) in [4.78, 5) is 2.30. The zero-order valence-corrected chi connectivity index (χ0v) is 10.5. The molecule has 0 atom stereocenters. The molecule has 86 valence electrons. The maximum absolute atomic E-state index is 5.89. The minimum absolute atomic E-state index is 0.976. The van der Waals surface area contributed by atoms with Crippen LogP contribution in [0, 0.1) is 0 Å². The van der Waals surface area contributed by atoms with Crippen LogP contribution in [0.15, 0.2) is 22.8 Å². The lowest BCUT2D eigenvalue weighted by molar-refractivity contribution is 0.351. The summed E-state index contributed by atoms with van der Waals surface area (Å²) in [7, 11) is 2.14. The Labute approximate surface area is 98.0 Å². The summed E-state index contributed by atoms with van der Waals surface area (Å²) in [5.41, 5.74) is 1.46. The molecule has 0 saturated heterocycles. The Morgan fingerprint density at radius 2 is 2.20 bits per heavy atom. The maximum Gasteiger partial charge on any atom is 0.0184 e. The topological polar surface area (TPSA) is 15.3 Å². The van der Waals surface area contributed by atoms with Gasteiger partial charge in [0.25, 0.3) is 0 Å². The van der Waals surface area contributed by atoms with E-state index < -0.39 is 0 Å². The molecule has 0 aromatic carbocycles. The van der Waals surface area contributed by atoms with Crippen molar-refractivity contribution < 1.29 is 0 Å². The lowest BCUT2D eigenvalue weighted by Crippen LogP contribution is -2.30. The van der Waals surface area contributed by atoms with Gasteiger partial charge < -0.3 is 10.2 Å². The number of allylic oxidation sites excluding steroid dienone is 3. The first-order valence-electron chi connectivity index (χ1n) is 5.65. The monoisotopic (exact) mass is 228 g/mol. The fraction of sp³-hybridized carbons (Fsp3) is 0.667. The van der Waals surface area contributed by atoms with Crippen molar-refractivity contribution in [1.29, 1.82) is 0 Å². The summed E-state index contributed by atoms with van der Waals surface area (Å²) >= 11 is 5.89. The first kappa shape index (κ1) is 12.8.